The number of sulfonamides is 1. The van der Waals surface area contributed by atoms with E-state index in [2.05, 4.69) is 26.1 Å². The molecule has 0 aromatic heterocycles. The van der Waals surface area contributed by atoms with E-state index < -0.39 is 22.5 Å². The number of hydrogen-bond acceptors (Lipinski definition) is 5. The van der Waals surface area contributed by atoms with Gasteiger partial charge in [-0.05, 0) is 47.4 Å². The smallest absolute Gasteiger partial charge is 0.264 e. The maximum Gasteiger partial charge on any atom is 0.264 e. The summed E-state index contributed by atoms with van der Waals surface area (Å²) in [4.78, 5) is 12.8. The van der Waals surface area contributed by atoms with E-state index in [0.717, 1.165) is 4.31 Å². The van der Waals surface area contributed by atoms with Gasteiger partial charge in [0.2, 0.25) is 5.91 Å². The largest absolute Gasteiger partial charge is 0.495 e. The lowest BCUT2D eigenvalue weighted by Gasteiger charge is -2.25. The molecule has 0 atom stereocenters. The van der Waals surface area contributed by atoms with E-state index in [1.807, 2.05) is 24.3 Å². The van der Waals surface area contributed by atoms with Crippen molar-refractivity contribution >= 4 is 21.6 Å². The Hall–Kier alpha value is -3.52. The van der Waals surface area contributed by atoms with Crippen LogP contribution in [-0.4, -0.2) is 41.1 Å². The zero-order chi connectivity index (χ0) is 25.5. The Balaban J connectivity index is 1.67. The summed E-state index contributed by atoms with van der Waals surface area (Å²) in [6, 6.07) is 22.5. The summed E-state index contributed by atoms with van der Waals surface area (Å²) in [5, 5.41) is 2.74. The number of rotatable bonds is 10. The molecule has 0 spiro atoms. The number of para-hydroxylation sites is 2. The predicted octanol–water partition coefficient (Wildman–Crippen LogP) is 4.38. The first-order valence-electron chi connectivity index (χ1n) is 11.3. The van der Waals surface area contributed by atoms with Gasteiger partial charge in [-0.1, -0.05) is 63.2 Å². The summed E-state index contributed by atoms with van der Waals surface area (Å²) in [5.74, 6) is 0.596. The Morgan fingerprint density at radius 3 is 2.17 bits per heavy atom. The second kappa shape index (κ2) is 11.3. The van der Waals surface area contributed by atoms with Crippen molar-refractivity contribution in [2.24, 2.45) is 0 Å². The van der Waals surface area contributed by atoms with Crippen molar-refractivity contribution in [2.75, 3.05) is 31.1 Å². The number of nitrogens with one attached hydrogen (secondary N) is 1. The van der Waals surface area contributed by atoms with E-state index in [0.29, 0.717) is 11.5 Å². The van der Waals surface area contributed by atoms with Crippen LogP contribution in [-0.2, 0) is 20.2 Å². The van der Waals surface area contributed by atoms with Crippen LogP contribution in [0.2, 0.25) is 0 Å². The second-order valence-electron chi connectivity index (χ2n) is 8.97. The van der Waals surface area contributed by atoms with Gasteiger partial charge in [0.25, 0.3) is 10.0 Å². The lowest BCUT2D eigenvalue weighted by molar-refractivity contribution is -0.119. The van der Waals surface area contributed by atoms with Gasteiger partial charge in [0.1, 0.15) is 24.7 Å². The Labute approximate surface area is 207 Å². The molecular formula is C27H32N2O5S. The summed E-state index contributed by atoms with van der Waals surface area (Å²) in [7, 11) is -2.55. The van der Waals surface area contributed by atoms with E-state index in [1.54, 1.807) is 42.5 Å². The fourth-order valence-electron chi connectivity index (χ4n) is 3.45. The molecule has 0 heterocycles. The number of benzene rings is 3. The molecule has 0 saturated heterocycles. The maximum absolute atomic E-state index is 13.4. The number of nitrogens with zero attached hydrogens (tertiary/aromatic N) is 1. The molecule has 7 nitrogen and oxygen atoms in total. The third kappa shape index (κ3) is 6.76. The maximum atomic E-state index is 13.4. The Morgan fingerprint density at radius 2 is 1.54 bits per heavy atom. The monoisotopic (exact) mass is 496 g/mol. The lowest BCUT2D eigenvalue weighted by atomic mass is 9.87. The molecule has 3 rings (SSSR count). The molecule has 3 aromatic carbocycles. The first-order valence-corrected chi connectivity index (χ1v) is 12.8. The molecule has 35 heavy (non-hydrogen) atoms. The van der Waals surface area contributed by atoms with Gasteiger partial charge in [-0.2, -0.15) is 0 Å². The van der Waals surface area contributed by atoms with Crippen LogP contribution in [0.4, 0.5) is 5.69 Å². The van der Waals surface area contributed by atoms with Crippen LogP contribution in [0.5, 0.6) is 11.5 Å². The van der Waals surface area contributed by atoms with E-state index in [4.69, 9.17) is 9.47 Å². The zero-order valence-electron chi connectivity index (χ0n) is 20.5. The van der Waals surface area contributed by atoms with Gasteiger partial charge in [-0.25, -0.2) is 8.42 Å². The van der Waals surface area contributed by atoms with Crippen molar-refractivity contribution in [3.8, 4) is 11.5 Å². The summed E-state index contributed by atoms with van der Waals surface area (Å²) in [6.45, 7) is 6.50. The zero-order valence-corrected chi connectivity index (χ0v) is 21.3. The van der Waals surface area contributed by atoms with Gasteiger partial charge >= 0.3 is 0 Å². The Bertz CT molecular complexity index is 1220. The van der Waals surface area contributed by atoms with Crippen LogP contribution in [0, 0.1) is 0 Å². The van der Waals surface area contributed by atoms with Gasteiger partial charge in [-0.15, -0.1) is 0 Å². The molecule has 0 aliphatic heterocycles. The topological polar surface area (TPSA) is 84.9 Å². The van der Waals surface area contributed by atoms with Crippen LogP contribution in [0.3, 0.4) is 0 Å². The average molecular weight is 497 g/mol. The van der Waals surface area contributed by atoms with Crippen LogP contribution < -0.4 is 19.1 Å². The van der Waals surface area contributed by atoms with E-state index in [9.17, 15) is 13.2 Å². The molecule has 3 aromatic rings. The van der Waals surface area contributed by atoms with Gasteiger partial charge in [0.05, 0.1) is 24.2 Å². The summed E-state index contributed by atoms with van der Waals surface area (Å²) in [5.41, 5.74) is 1.54. The molecule has 0 fully saturated rings. The molecule has 0 aliphatic rings. The number of carbonyl (C=O) groups excluding carboxylic acids is 1. The third-order valence-electron chi connectivity index (χ3n) is 5.39. The highest BCUT2D eigenvalue weighted by Gasteiger charge is 2.29. The normalized spacial score (nSPS) is 11.5. The molecule has 0 bridgehead atoms. The SMILES string of the molecule is COc1ccccc1N(CC(=O)NCCOc1ccc(C(C)(C)C)cc1)S(=O)(=O)c1ccccc1. The number of anilines is 1. The van der Waals surface area contributed by atoms with Crippen molar-refractivity contribution in [1.29, 1.82) is 0 Å². The number of methoxy groups -OCH3 is 1. The molecule has 0 saturated carbocycles. The van der Waals surface area contributed by atoms with E-state index in [1.165, 1.54) is 24.8 Å². The van der Waals surface area contributed by atoms with Crippen LogP contribution in [0.25, 0.3) is 0 Å². The molecule has 8 heteroatoms. The van der Waals surface area contributed by atoms with Crippen molar-refractivity contribution in [1.82, 2.24) is 5.32 Å². The number of amides is 1. The van der Waals surface area contributed by atoms with Crippen LogP contribution in [0.15, 0.2) is 83.8 Å². The number of hydrogen-bond donors (Lipinski definition) is 1. The van der Waals surface area contributed by atoms with Gasteiger partial charge in [0, 0.05) is 0 Å². The standard InChI is InChI=1S/C27H32N2O5S/c1-27(2,3)21-14-16-22(17-15-21)34-19-18-28-26(30)20-29(24-12-8-9-13-25(24)33-4)35(31,32)23-10-6-5-7-11-23/h5-17H,18-20H2,1-4H3,(H,28,30). The molecule has 0 radical (unpaired) electrons. The summed E-state index contributed by atoms with van der Waals surface area (Å²) >= 11 is 0. The van der Waals surface area contributed by atoms with Gasteiger partial charge < -0.3 is 14.8 Å². The lowest BCUT2D eigenvalue weighted by Crippen LogP contribution is -2.42. The van der Waals surface area contributed by atoms with Crippen molar-refractivity contribution < 1.29 is 22.7 Å². The molecule has 0 unspecified atom stereocenters. The second-order valence-corrected chi connectivity index (χ2v) is 10.8. The number of carbonyl (C=O) groups is 1. The quantitative estimate of drug-likeness (QED) is 0.421. The molecular weight excluding hydrogens is 464 g/mol. The third-order valence-corrected chi connectivity index (χ3v) is 7.16. The number of ether oxygens (including phenoxy) is 2. The molecule has 1 amide bonds. The minimum atomic E-state index is -4.01. The van der Waals surface area contributed by atoms with E-state index >= 15 is 0 Å². The van der Waals surface area contributed by atoms with Crippen molar-refractivity contribution in [3.05, 3.63) is 84.4 Å². The van der Waals surface area contributed by atoms with Crippen molar-refractivity contribution in [3.63, 3.8) is 0 Å². The predicted molar refractivity (Wildman–Crippen MR) is 138 cm³/mol. The molecule has 186 valence electrons. The fraction of sp³-hybridized carbons (Fsp3) is 0.296. The first-order chi connectivity index (χ1) is 16.6. The highest BCUT2D eigenvalue weighted by Crippen LogP contribution is 2.32. The summed E-state index contributed by atoms with van der Waals surface area (Å²) in [6.07, 6.45) is 0. The van der Waals surface area contributed by atoms with Crippen LogP contribution >= 0.6 is 0 Å². The summed E-state index contributed by atoms with van der Waals surface area (Å²) < 4.78 is 39.0. The minimum Gasteiger partial charge on any atom is -0.495 e. The molecule has 0 aliphatic carbocycles. The Morgan fingerprint density at radius 1 is 0.914 bits per heavy atom. The highest BCUT2D eigenvalue weighted by atomic mass is 32.2. The van der Waals surface area contributed by atoms with E-state index in [-0.39, 0.29) is 29.1 Å². The first kappa shape index (κ1) is 26.1. The molecule has 1 N–H and O–H groups in total. The van der Waals surface area contributed by atoms with Gasteiger partial charge in [0.15, 0.2) is 0 Å². The fourth-order valence-corrected chi connectivity index (χ4v) is 4.90. The van der Waals surface area contributed by atoms with Gasteiger partial charge in [-0.3, -0.25) is 9.10 Å². The van der Waals surface area contributed by atoms with Crippen molar-refractivity contribution in [2.45, 2.75) is 31.1 Å². The Kier molecular flexibility index (Phi) is 8.40. The van der Waals surface area contributed by atoms with Crippen LogP contribution in [0.1, 0.15) is 26.3 Å². The minimum absolute atomic E-state index is 0.0555. The average Bonchev–Trinajstić information content (AvgIpc) is 2.85. The highest BCUT2D eigenvalue weighted by molar-refractivity contribution is 7.92.